The first-order valence-corrected chi connectivity index (χ1v) is 11.5. The van der Waals surface area contributed by atoms with Gasteiger partial charge in [0, 0.05) is 12.5 Å². The van der Waals surface area contributed by atoms with Crippen molar-refractivity contribution in [2.24, 2.45) is 0 Å². The summed E-state index contributed by atoms with van der Waals surface area (Å²) in [7, 11) is -0.889. The molecule has 0 radical (unpaired) electrons. The van der Waals surface area contributed by atoms with Crippen molar-refractivity contribution >= 4 is 18.8 Å². The summed E-state index contributed by atoms with van der Waals surface area (Å²) in [5.74, 6) is -0.320. The molecule has 1 aromatic heterocycles. The zero-order valence-corrected chi connectivity index (χ0v) is 19.3. The topological polar surface area (TPSA) is 71.8 Å². The summed E-state index contributed by atoms with van der Waals surface area (Å²) in [5, 5.41) is 19.7. The number of pyridine rings is 1. The molecule has 178 valence electrons. The average Bonchev–Trinajstić information content (AvgIpc) is 2.88. The second-order valence-corrected chi connectivity index (χ2v) is 8.31. The Labute approximate surface area is 205 Å². The van der Waals surface area contributed by atoms with Gasteiger partial charge in [0.05, 0.1) is 11.8 Å². The van der Waals surface area contributed by atoms with Gasteiger partial charge in [-0.25, -0.2) is 4.39 Å². The lowest BCUT2D eigenvalue weighted by molar-refractivity contribution is 0.182. The fourth-order valence-corrected chi connectivity index (χ4v) is 3.97. The highest BCUT2D eigenvalue weighted by molar-refractivity contribution is 6.43. The molecule has 2 heterocycles. The number of aromatic hydroxyl groups is 1. The molecule has 0 saturated heterocycles. The van der Waals surface area contributed by atoms with Gasteiger partial charge in [-0.2, -0.15) is 0 Å². The molecule has 0 aliphatic carbocycles. The Hall–Kier alpha value is -3.68. The second-order valence-electron chi connectivity index (χ2n) is 8.31. The molecule has 1 aliphatic heterocycles. The molecule has 5 nitrogen and oxygen atoms in total. The molecular weight excluding hydrogens is 444 g/mol. The van der Waals surface area contributed by atoms with Gasteiger partial charge in [0.2, 0.25) is 0 Å². The van der Waals surface area contributed by atoms with Crippen molar-refractivity contribution in [3.8, 4) is 11.5 Å². The molecule has 1 unspecified atom stereocenters. The zero-order chi connectivity index (χ0) is 24.6. The van der Waals surface area contributed by atoms with Crippen LogP contribution in [0.4, 0.5) is 4.39 Å². The number of halogens is 1. The Morgan fingerprint density at radius 2 is 1.97 bits per heavy atom. The van der Waals surface area contributed by atoms with Crippen LogP contribution in [0.5, 0.6) is 11.5 Å². The third-order valence-electron chi connectivity index (χ3n) is 5.75. The van der Waals surface area contributed by atoms with Gasteiger partial charge in [0.15, 0.2) is 11.6 Å². The molecule has 0 fully saturated rings. The van der Waals surface area contributed by atoms with Crippen molar-refractivity contribution in [1.82, 2.24) is 4.98 Å². The van der Waals surface area contributed by atoms with Crippen molar-refractivity contribution < 1.29 is 23.9 Å². The van der Waals surface area contributed by atoms with Crippen LogP contribution in [-0.4, -0.2) is 34.9 Å². The minimum absolute atomic E-state index is 0.307. The summed E-state index contributed by atoms with van der Waals surface area (Å²) >= 11 is 0. The highest BCUT2D eigenvalue weighted by Crippen LogP contribution is 2.31. The van der Waals surface area contributed by atoms with E-state index in [2.05, 4.69) is 11.6 Å². The fraction of sp³-hybridized carbons (Fsp3) is 0.179. The summed E-state index contributed by atoms with van der Waals surface area (Å²) in [4.78, 5) is 4.46. The number of nitrogens with zero attached hydrogens (tertiary/aromatic N) is 1. The van der Waals surface area contributed by atoms with Gasteiger partial charge >= 0.3 is 7.12 Å². The molecule has 0 bridgehead atoms. The van der Waals surface area contributed by atoms with Crippen molar-refractivity contribution in [3.05, 3.63) is 114 Å². The molecule has 1 atom stereocenters. The molecule has 2 aromatic carbocycles. The van der Waals surface area contributed by atoms with Gasteiger partial charge in [-0.05, 0) is 77.6 Å². The van der Waals surface area contributed by atoms with Crippen LogP contribution in [0.1, 0.15) is 24.1 Å². The summed E-state index contributed by atoms with van der Waals surface area (Å²) < 4.78 is 25.6. The Bertz CT molecular complexity index is 1210. The summed E-state index contributed by atoms with van der Waals surface area (Å²) in [5.41, 5.74) is 3.94. The molecular formula is C28H27BFNO4. The van der Waals surface area contributed by atoms with E-state index in [1.54, 1.807) is 12.3 Å². The van der Waals surface area contributed by atoms with Crippen molar-refractivity contribution in [1.29, 1.82) is 0 Å². The van der Waals surface area contributed by atoms with Crippen LogP contribution in [0.2, 0.25) is 6.32 Å². The zero-order valence-electron chi connectivity index (χ0n) is 19.3. The Kier molecular flexibility index (Phi) is 8.13. The van der Waals surface area contributed by atoms with E-state index < -0.39 is 18.7 Å². The second kappa shape index (κ2) is 11.6. The van der Waals surface area contributed by atoms with Crippen LogP contribution in [0.25, 0.3) is 11.6 Å². The number of aromatic nitrogens is 1. The van der Waals surface area contributed by atoms with Crippen LogP contribution < -0.4 is 4.74 Å². The first-order valence-electron chi connectivity index (χ1n) is 11.5. The normalized spacial score (nSPS) is 16.1. The molecule has 0 amide bonds. The van der Waals surface area contributed by atoms with Gasteiger partial charge in [-0.1, -0.05) is 43.0 Å². The third kappa shape index (κ3) is 6.69. The van der Waals surface area contributed by atoms with Gasteiger partial charge in [0.25, 0.3) is 0 Å². The fourth-order valence-electron chi connectivity index (χ4n) is 3.97. The van der Waals surface area contributed by atoms with Gasteiger partial charge in [-0.3, -0.25) is 4.98 Å². The predicted molar refractivity (Wildman–Crippen MR) is 136 cm³/mol. The number of para-hydroxylation sites is 1. The van der Waals surface area contributed by atoms with Crippen LogP contribution in [0.15, 0.2) is 96.7 Å². The smallest absolute Gasteiger partial charge is 0.458 e. The van der Waals surface area contributed by atoms with Gasteiger partial charge in [-0.15, -0.1) is 0 Å². The lowest BCUT2D eigenvalue weighted by Gasteiger charge is -2.28. The molecule has 35 heavy (non-hydrogen) atoms. The summed E-state index contributed by atoms with van der Waals surface area (Å²) in [6, 6.07) is 19.4. The number of rotatable bonds is 9. The number of benzene rings is 2. The Morgan fingerprint density at radius 3 is 2.71 bits per heavy atom. The van der Waals surface area contributed by atoms with E-state index in [0.717, 1.165) is 28.2 Å². The Morgan fingerprint density at radius 1 is 1.17 bits per heavy atom. The predicted octanol–water partition coefficient (Wildman–Crippen LogP) is 5.69. The number of ether oxygens (including phenoxy) is 1. The maximum absolute atomic E-state index is 13.9. The van der Waals surface area contributed by atoms with Crippen molar-refractivity contribution in [2.75, 3.05) is 6.61 Å². The summed E-state index contributed by atoms with van der Waals surface area (Å²) in [6.45, 7) is 4.50. The number of hydrogen-bond donors (Lipinski definition) is 2. The monoisotopic (exact) mass is 471 g/mol. The minimum atomic E-state index is -0.889. The SMILES string of the molecule is C=C(COc1ccccc1)C1=CCB(O)OC1CC/C(=C/c1ccc(O)c(F)c1)c1ccccn1. The van der Waals surface area contributed by atoms with Crippen LogP contribution >= 0.6 is 0 Å². The number of hydrogen-bond acceptors (Lipinski definition) is 5. The summed E-state index contributed by atoms with van der Waals surface area (Å²) in [6.07, 6.45) is 6.61. The number of allylic oxidation sites excluding steroid dienone is 2. The van der Waals surface area contributed by atoms with E-state index in [9.17, 15) is 14.5 Å². The van der Waals surface area contributed by atoms with Gasteiger partial charge < -0.3 is 19.5 Å². The largest absolute Gasteiger partial charge is 0.505 e. The minimum Gasteiger partial charge on any atom is -0.505 e. The van der Waals surface area contributed by atoms with Crippen LogP contribution in [0, 0.1) is 5.82 Å². The van der Waals surface area contributed by atoms with E-state index in [1.165, 1.54) is 12.1 Å². The van der Waals surface area contributed by atoms with E-state index >= 15 is 0 Å². The van der Waals surface area contributed by atoms with Crippen molar-refractivity contribution in [3.63, 3.8) is 0 Å². The maximum Gasteiger partial charge on any atom is 0.458 e. The molecule has 7 heteroatoms. The van der Waals surface area contributed by atoms with Gasteiger partial charge in [0.1, 0.15) is 12.4 Å². The molecule has 1 aliphatic rings. The first kappa shape index (κ1) is 24.4. The lowest BCUT2D eigenvalue weighted by Crippen LogP contribution is -2.32. The van der Waals surface area contributed by atoms with E-state index in [1.807, 2.05) is 60.7 Å². The molecule has 4 rings (SSSR count). The van der Waals surface area contributed by atoms with Crippen LogP contribution in [-0.2, 0) is 4.65 Å². The Balaban J connectivity index is 1.51. The number of phenolic OH excluding ortho intramolecular Hbond substituents is 1. The highest BCUT2D eigenvalue weighted by atomic mass is 19.1. The molecule has 3 aromatic rings. The average molecular weight is 471 g/mol. The molecule has 0 saturated carbocycles. The number of phenols is 1. The first-order chi connectivity index (χ1) is 17.0. The van der Waals surface area contributed by atoms with Crippen molar-refractivity contribution in [2.45, 2.75) is 25.3 Å². The highest BCUT2D eigenvalue weighted by Gasteiger charge is 2.28. The standard InChI is InChI=1S/C28H27BFNO4/c1-20(19-34-23-7-3-2-4-8-23)24-14-15-29(33)35-28(24)13-11-22(26-9-5-6-16-31-26)17-21-10-12-27(32)25(30)18-21/h2-10,12,14,16-18,28,32-33H,1,11,13,15,19H2/b22-17-. The van der Waals surface area contributed by atoms with E-state index in [4.69, 9.17) is 9.39 Å². The molecule has 0 spiro atoms. The molecule has 2 N–H and O–H groups in total. The third-order valence-corrected chi connectivity index (χ3v) is 5.75. The van der Waals surface area contributed by atoms with E-state index in [0.29, 0.717) is 31.3 Å². The lowest BCUT2D eigenvalue weighted by atomic mass is 9.78. The maximum atomic E-state index is 13.9. The van der Waals surface area contributed by atoms with E-state index in [-0.39, 0.29) is 6.10 Å². The quantitative estimate of drug-likeness (QED) is 0.393. The van der Waals surface area contributed by atoms with Crippen LogP contribution in [0.3, 0.4) is 0 Å².